The summed E-state index contributed by atoms with van der Waals surface area (Å²) < 4.78 is 19.9. The minimum absolute atomic E-state index is 0.238. The van der Waals surface area contributed by atoms with Crippen molar-refractivity contribution in [2.24, 2.45) is 0 Å². The Morgan fingerprint density at radius 3 is 2.91 bits per heavy atom. The second kappa shape index (κ2) is 6.11. The zero-order chi connectivity index (χ0) is 15.5. The van der Waals surface area contributed by atoms with Gasteiger partial charge in [0.15, 0.2) is 0 Å². The molecule has 0 amide bonds. The van der Waals surface area contributed by atoms with E-state index < -0.39 is 5.82 Å². The minimum atomic E-state index is -0.445. The lowest BCUT2D eigenvalue weighted by Gasteiger charge is -2.05. The van der Waals surface area contributed by atoms with Crippen LogP contribution in [0.1, 0.15) is 5.69 Å². The average molecular weight is 316 g/mol. The van der Waals surface area contributed by atoms with Crippen LogP contribution in [0, 0.1) is 5.82 Å². The number of benzene rings is 1. The van der Waals surface area contributed by atoms with Crippen molar-refractivity contribution in [3.63, 3.8) is 0 Å². The van der Waals surface area contributed by atoms with Crippen LogP contribution in [-0.2, 0) is 6.54 Å². The van der Waals surface area contributed by atoms with Crippen LogP contribution in [0.2, 0.25) is 0 Å². The number of hydrogen-bond acceptors (Lipinski definition) is 4. The fourth-order valence-corrected chi connectivity index (χ4v) is 2.97. The molecule has 0 bridgehead atoms. The molecule has 0 saturated heterocycles. The maximum atomic E-state index is 13.2. The zero-order valence-electron chi connectivity index (χ0n) is 11.8. The van der Waals surface area contributed by atoms with Gasteiger partial charge in [0, 0.05) is 17.6 Å². The Kier molecular flexibility index (Phi) is 4.02. The van der Waals surface area contributed by atoms with Gasteiger partial charge in [0.1, 0.15) is 16.6 Å². The molecule has 0 atom stereocenters. The van der Waals surface area contributed by atoms with Gasteiger partial charge in [0.05, 0.1) is 24.9 Å². The summed E-state index contributed by atoms with van der Waals surface area (Å²) in [6.45, 7) is 0.238. The lowest BCUT2D eigenvalue weighted by Crippen LogP contribution is -2.19. The molecule has 4 nitrogen and oxygen atoms in total. The number of methoxy groups -OCH3 is 1. The van der Waals surface area contributed by atoms with Gasteiger partial charge in [0.25, 0.3) is 5.56 Å². The molecule has 0 saturated carbocycles. The van der Waals surface area contributed by atoms with Crippen LogP contribution in [0.3, 0.4) is 0 Å². The normalized spacial score (nSPS) is 10.6. The molecule has 0 N–H and O–H groups in total. The maximum Gasteiger partial charge on any atom is 0.251 e. The van der Waals surface area contributed by atoms with Crippen molar-refractivity contribution in [2.45, 2.75) is 6.54 Å². The second-order valence-corrected chi connectivity index (χ2v) is 5.52. The van der Waals surface area contributed by atoms with Crippen LogP contribution in [0.15, 0.2) is 52.8 Å². The van der Waals surface area contributed by atoms with Crippen LogP contribution < -0.4 is 10.3 Å². The molecule has 0 aliphatic carbocycles. The fourth-order valence-electron chi connectivity index (χ4n) is 2.12. The quantitative estimate of drug-likeness (QED) is 0.742. The number of rotatable bonds is 4. The van der Waals surface area contributed by atoms with E-state index in [4.69, 9.17) is 4.74 Å². The Balaban J connectivity index is 1.91. The van der Waals surface area contributed by atoms with Crippen molar-refractivity contribution in [3.8, 4) is 16.3 Å². The highest BCUT2D eigenvalue weighted by Crippen LogP contribution is 2.31. The molecule has 2 heterocycles. The monoisotopic (exact) mass is 316 g/mol. The summed E-state index contributed by atoms with van der Waals surface area (Å²) in [4.78, 5) is 16.2. The highest BCUT2D eigenvalue weighted by Gasteiger charge is 2.10. The highest BCUT2D eigenvalue weighted by molar-refractivity contribution is 7.13. The number of hydrogen-bond donors (Lipinski definition) is 0. The number of nitrogens with zero attached hydrogens (tertiary/aromatic N) is 2. The molecule has 0 unspecified atom stereocenters. The van der Waals surface area contributed by atoms with E-state index in [1.807, 2.05) is 29.6 Å². The molecule has 0 aliphatic rings. The van der Waals surface area contributed by atoms with Crippen molar-refractivity contribution in [1.82, 2.24) is 9.55 Å². The van der Waals surface area contributed by atoms with Gasteiger partial charge in [-0.2, -0.15) is 0 Å². The lowest BCUT2D eigenvalue weighted by atomic mass is 10.2. The van der Waals surface area contributed by atoms with Crippen molar-refractivity contribution < 1.29 is 9.13 Å². The van der Waals surface area contributed by atoms with Crippen molar-refractivity contribution >= 4 is 11.3 Å². The molecule has 3 rings (SSSR count). The van der Waals surface area contributed by atoms with E-state index in [1.165, 1.54) is 28.2 Å². The molecular formula is C16H13FN2O2S. The summed E-state index contributed by atoms with van der Waals surface area (Å²) in [7, 11) is 1.61. The third-order valence-corrected chi connectivity index (χ3v) is 4.09. The van der Waals surface area contributed by atoms with Gasteiger partial charge < -0.3 is 9.30 Å². The van der Waals surface area contributed by atoms with Gasteiger partial charge in [-0.05, 0) is 18.2 Å². The van der Waals surface area contributed by atoms with Crippen molar-refractivity contribution in [2.75, 3.05) is 7.11 Å². The molecule has 2 aromatic heterocycles. The largest absolute Gasteiger partial charge is 0.496 e. The Morgan fingerprint density at radius 1 is 1.27 bits per heavy atom. The summed E-state index contributed by atoms with van der Waals surface area (Å²) in [5.41, 5.74) is 1.35. The van der Waals surface area contributed by atoms with Gasteiger partial charge in [-0.3, -0.25) is 4.79 Å². The van der Waals surface area contributed by atoms with Gasteiger partial charge in [-0.1, -0.05) is 12.1 Å². The summed E-state index contributed by atoms with van der Waals surface area (Å²) in [6, 6.07) is 9.96. The van der Waals surface area contributed by atoms with E-state index in [1.54, 1.807) is 7.11 Å². The first kappa shape index (κ1) is 14.5. The number of aromatic nitrogens is 2. The average Bonchev–Trinajstić information content (AvgIpc) is 2.99. The first-order chi connectivity index (χ1) is 10.7. The predicted molar refractivity (Wildman–Crippen MR) is 83.9 cm³/mol. The Hall–Kier alpha value is -2.47. The van der Waals surface area contributed by atoms with E-state index >= 15 is 0 Å². The molecule has 3 aromatic rings. The van der Waals surface area contributed by atoms with E-state index in [-0.39, 0.29) is 12.1 Å². The van der Waals surface area contributed by atoms with Crippen LogP contribution >= 0.6 is 11.3 Å². The molecule has 0 radical (unpaired) electrons. The van der Waals surface area contributed by atoms with E-state index in [2.05, 4.69) is 4.98 Å². The number of ether oxygens (including phenoxy) is 1. The number of pyridine rings is 1. The highest BCUT2D eigenvalue weighted by atomic mass is 32.1. The van der Waals surface area contributed by atoms with Crippen molar-refractivity contribution in [1.29, 1.82) is 0 Å². The van der Waals surface area contributed by atoms with E-state index in [0.29, 0.717) is 5.69 Å². The van der Waals surface area contributed by atoms with Gasteiger partial charge in [0.2, 0.25) is 0 Å². The van der Waals surface area contributed by atoms with E-state index in [0.717, 1.165) is 22.4 Å². The Bertz CT molecular complexity index is 857. The second-order valence-electron chi connectivity index (χ2n) is 4.66. The summed E-state index contributed by atoms with van der Waals surface area (Å²) in [5.74, 6) is 0.297. The smallest absolute Gasteiger partial charge is 0.251 e. The van der Waals surface area contributed by atoms with Crippen molar-refractivity contribution in [3.05, 3.63) is 69.8 Å². The maximum absolute atomic E-state index is 13.2. The molecule has 0 aliphatic heterocycles. The number of para-hydroxylation sites is 1. The summed E-state index contributed by atoms with van der Waals surface area (Å²) in [6.07, 6.45) is 1.18. The van der Waals surface area contributed by atoms with Crippen LogP contribution in [0.5, 0.6) is 5.75 Å². The first-order valence-electron chi connectivity index (χ1n) is 6.61. The van der Waals surface area contributed by atoms with Gasteiger partial charge in [-0.15, -0.1) is 11.3 Å². The van der Waals surface area contributed by atoms with Gasteiger partial charge >= 0.3 is 0 Å². The topological polar surface area (TPSA) is 44.1 Å². The molecule has 0 fully saturated rings. The molecule has 1 aromatic carbocycles. The molecule has 112 valence electrons. The molecule has 0 spiro atoms. The molecular weight excluding hydrogens is 303 g/mol. The Labute approximate surface area is 130 Å². The fraction of sp³-hybridized carbons (Fsp3) is 0.125. The standard InChI is InChI=1S/C16H13FN2O2S/c1-21-14-5-3-2-4-13(14)16-18-12(10-22-16)9-19-8-11(17)6-7-15(19)20/h2-8,10H,9H2,1H3. The SMILES string of the molecule is COc1ccccc1-c1nc(Cn2cc(F)ccc2=O)cs1. The summed E-state index contributed by atoms with van der Waals surface area (Å²) in [5, 5.41) is 2.66. The number of halogens is 1. The van der Waals surface area contributed by atoms with Crippen LogP contribution in [0.25, 0.3) is 10.6 Å². The first-order valence-corrected chi connectivity index (χ1v) is 7.49. The minimum Gasteiger partial charge on any atom is -0.496 e. The molecule has 22 heavy (non-hydrogen) atoms. The third-order valence-electron chi connectivity index (χ3n) is 3.17. The zero-order valence-corrected chi connectivity index (χ0v) is 12.6. The Morgan fingerprint density at radius 2 is 2.09 bits per heavy atom. The van der Waals surface area contributed by atoms with Crippen LogP contribution in [0.4, 0.5) is 4.39 Å². The predicted octanol–water partition coefficient (Wildman–Crippen LogP) is 3.17. The van der Waals surface area contributed by atoms with Crippen LogP contribution in [-0.4, -0.2) is 16.7 Å². The molecule has 6 heteroatoms. The van der Waals surface area contributed by atoms with E-state index in [9.17, 15) is 9.18 Å². The third kappa shape index (κ3) is 2.92. The lowest BCUT2D eigenvalue weighted by molar-refractivity contribution is 0.416. The summed E-state index contributed by atoms with van der Waals surface area (Å²) >= 11 is 1.46. The number of thiazole rings is 1. The van der Waals surface area contributed by atoms with Gasteiger partial charge in [-0.25, -0.2) is 9.37 Å².